The van der Waals surface area contributed by atoms with Crippen LogP contribution in [0.2, 0.25) is 0 Å². The van der Waals surface area contributed by atoms with Gasteiger partial charge in [0.1, 0.15) is 12.2 Å². The van der Waals surface area contributed by atoms with Crippen LogP contribution < -0.4 is 15.0 Å². The van der Waals surface area contributed by atoms with Crippen molar-refractivity contribution in [2.75, 3.05) is 38.2 Å². The normalized spacial score (nSPS) is 13.9. The van der Waals surface area contributed by atoms with Crippen LogP contribution in [-0.2, 0) is 16.1 Å². The second kappa shape index (κ2) is 9.26. The highest BCUT2D eigenvalue weighted by Gasteiger charge is 2.23. The summed E-state index contributed by atoms with van der Waals surface area (Å²) in [6.45, 7) is 5.24. The van der Waals surface area contributed by atoms with Crippen molar-refractivity contribution in [3.63, 3.8) is 0 Å². The van der Waals surface area contributed by atoms with E-state index in [1.807, 2.05) is 30.3 Å². The third-order valence-corrected chi connectivity index (χ3v) is 4.98. The maximum absolute atomic E-state index is 12.5. The Morgan fingerprint density at radius 2 is 1.79 bits per heavy atom. The van der Waals surface area contributed by atoms with E-state index in [0.29, 0.717) is 19.6 Å². The molecule has 3 rings (SSSR count). The van der Waals surface area contributed by atoms with Crippen LogP contribution in [0, 0.1) is 6.92 Å². The molecule has 1 saturated heterocycles. The Kier molecular flexibility index (Phi) is 6.53. The highest BCUT2D eigenvalue weighted by Crippen LogP contribution is 2.18. The zero-order valence-corrected chi connectivity index (χ0v) is 16.5. The minimum absolute atomic E-state index is 0.124. The maximum Gasteiger partial charge on any atom is 0.232 e. The number of ether oxygens (including phenoxy) is 1. The number of rotatable bonds is 6. The molecule has 2 aromatic rings. The van der Waals surface area contributed by atoms with Crippen molar-refractivity contribution in [1.82, 2.24) is 10.2 Å². The number of anilines is 1. The van der Waals surface area contributed by atoms with E-state index in [2.05, 4.69) is 35.3 Å². The molecule has 0 aromatic heterocycles. The molecule has 0 unspecified atom stereocenters. The number of amides is 2. The summed E-state index contributed by atoms with van der Waals surface area (Å²) in [5.41, 5.74) is 3.29. The minimum Gasteiger partial charge on any atom is -0.496 e. The van der Waals surface area contributed by atoms with Gasteiger partial charge in [-0.05, 0) is 30.7 Å². The molecule has 0 spiro atoms. The SMILES string of the molecule is COc1ccccc1CNC(=O)CC(=O)N1CCN(c2cccc(C)c2)CC1. The van der Waals surface area contributed by atoms with Crippen LogP contribution in [0.3, 0.4) is 0 Å². The molecule has 2 amide bonds. The lowest BCUT2D eigenvalue weighted by Gasteiger charge is -2.36. The second-order valence-electron chi connectivity index (χ2n) is 6.97. The molecule has 0 saturated carbocycles. The fraction of sp³-hybridized carbons (Fsp3) is 0.364. The monoisotopic (exact) mass is 381 g/mol. The van der Waals surface area contributed by atoms with Crippen molar-refractivity contribution in [2.45, 2.75) is 19.9 Å². The Morgan fingerprint density at radius 3 is 2.50 bits per heavy atom. The number of carbonyl (C=O) groups is 2. The number of methoxy groups -OCH3 is 1. The van der Waals surface area contributed by atoms with Crippen LogP contribution in [0.1, 0.15) is 17.5 Å². The molecule has 0 bridgehead atoms. The first-order valence-corrected chi connectivity index (χ1v) is 9.55. The average molecular weight is 381 g/mol. The molecule has 0 aliphatic carbocycles. The smallest absolute Gasteiger partial charge is 0.232 e. The molecule has 1 N–H and O–H groups in total. The molecule has 28 heavy (non-hydrogen) atoms. The lowest BCUT2D eigenvalue weighted by Crippen LogP contribution is -2.49. The lowest BCUT2D eigenvalue weighted by atomic mass is 10.2. The van der Waals surface area contributed by atoms with Gasteiger partial charge in [0.25, 0.3) is 0 Å². The Morgan fingerprint density at radius 1 is 1.04 bits per heavy atom. The third-order valence-electron chi connectivity index (χ3n) is 4.98. The van der Waals surface area contributed by atoms with Crippen molar-refractivity contribution in [3.05, 3.63) is 59.7 Å². The molecular weight excluding hydrogens is 354 g/mol. The first-order valence-electron chi connectivity index (χ1n) is 9.55. The van der Waals surface area contributed by atoms with E-state index in [0.717, 1.165) is 24.4 Å². The van der Waals surface area contributed by atoms with E-state index >= 15 is 0 Å². The zero-order valence-electron chi connectivity index (χ0n) is 16.5. The summed E-state index contributed by atoms with van der Waals surface area (Å²) in [5, 5.41) is 2.81. The predicted octanol–water partition coefficient (Wildman–Crippen LogP) is 2.36. The number of nitrogens with zero attached hydrogens (tertiary/aromatic N) is 2. The zero-order chi connectivity index (χ0) is 19.9. The molecule has 2 aromatic carbocycles. The number of piperazine rings is 1. The number of carbonyl (C=O) groups excluding carboxylic acids is 2. The molecule has 1 aliphatic rings. The molecule has 1 heterocycles. The summed E-state index contributed by atoms with van der Waals surface area (Å²) in [5.74, 6) is 0.333. The van der Waals surface area contributed by atoms with Gasteiger partial charge < -0.3 is 19.9 Å². The van der Waals surface area contributed by atoms with Crippen molar-refractivity contribution < 1.29 is 14.3 Å². The fourth-order valence-corrected chi connectivity index (χ4v) is 3.39. The maximum atomic E-state index is 12.5. The van der Waals surface area contributed by atoms with Gasteiger partial charge in [-0.1, -0.05) is 30.3 Å². The summed E-state index contributed by atoms with van der Waals surface area (Å²) in [7, 11) is 1.60. The summed E-state index contributed by atoms with van der Waals surface area (Å²) in [4.78, 5) is 28.7. The van der Waals surface area contributed by atoms with Crippen LogP contribution in [-0.4, -0.2) is 50.0 Å². The van der Waals surface area contributed by atoms with E-state index in [4.69, 9.17) is 4.74 Å². The van der Waals surface area contributed by atoms with Gasteiger partial charge in [0, 0.05) is 44.0 Å². The Balaban J connectivity index is 1.45. The van der Waals surface area contributed by atoms with Gasteiger partial charge in [0.05, 0.1) is 7.11 Å². The standard InChI is InChI=1S/C22H27N3O3/c1-17-6-5-8-19(14-17)24-10-12-25(13-11-24)22(27)15-21(26)23-16-18-7-3-4-9-20(18)28-2/h3-9,14H,10-13,15-16H2,1-2H3,(H,23,26). The fourth-order valence-electron chi connectivity index (χ4n) is 3.39. The van der Waals surface area contributed by atoms with Crippen molar-refractivity contribution >= 4 is 17.5 Å². The number of para-hydroxylation sites is 1. The number of hydrogen-bond donors (Lipinski definition) is 1. The first-order chi connectivity index (χ1) is 13.6. The number of nitrogens with one attached hydrogen (secondary N) is 1. The molecule has 148 valence electrons. The van der Waals surface area contributed by atoms with Gasteiger partial charge in [-0.25, -0.2) is 0 Å². The number of benzene rings is 2. The number of aryl methyl sites for hydroxylation is 1. The predicted molar refractivity (Wildman–Crippen MR) is 109 cm³/mol. The summed E-state index contributed by atoms with van der Waals surface area (Å²) >= 11 is 0. The van der Waals surface area contributed by atoms with Gasteiger partial charge in [0.2, 0.25) is 11.8 Å². The molecule has 0 radical (unpaired) electrons. The highest BCUT2D eigenvalue weighted by molar-refractivity contribution is 5.97. The molecule has 1 aliphatic heterocycles. The van der Waals surface area contributed by atoms with Crippen molar-refractivity contribution in [3.8, 4) is 5.75 Å². The quantitative estimate of drug-likeness (QED) is 0.781. The van der Waals surface area contributed by atoms with E-state index in [1.165, 1.54) is 11.3 Å². The highest BCUT2D eigenvalue weighted by atomic mass is 16.5. The molecular formula is C22H27N3O3. The van der Waals surface area contributed by atoms with Crippen LogP contribution in [0.25, 0.3) is 0 Å². The van der Waals surface area contributed by atoms with Gasteiger partial charge in [-0.15, -0.1) is 0 Å². The topological polar surface area (TPSA) is 61.9 Å². The summed E-state index contributed by atoms with van der Waals surface area (Å²) in [6.07, 6.45) is -0.125. The van der Waals surface area contributed by atoms with Gasteiger partial charge in [0.15, 0.2) is 0 Å². The van der Waals surface area contributed by atoms with Gasteiger partial charge >= 0.3 is 0 Å². The molecule has 1 fully saturated rings. The minimum atomic E-state index is -0.267. The van der Waals surface area contributed by atoms with Crippen LogP contribution in [0.15, 0.2) is 48.5 Å². The average Bonchev–Trinajstić information content (AvgIpc) is 2.72. The lowest BCUT2D eigenvalue weighted by molar-refractivity contribution is -0.136. The van der Waals surface area contributed by atoms with E-state index in [1.54, 1.807) is 12.0 Å². The summed E-state index contributed by atoms with van der Waals surface area (Å²) in [6, 6.07) is 15.9. The van der Waals surface area contributed by atoms with Crippen molar-refractivity contribution in [2.24, 2.45) is 0 Å². The van der Waals surface area contributed by atoms with Crippen LogP contribution in [0.5, 0.6) is 5.75 Å². The van der Waals surface area contributed by atoms with Crippen LogP contribution >= 0.6 is 0 Å². The van der Waals surface area contributed by atoms with E-state index in [9.17, 15) is 9.59 Å². The van der Waals surface area contributed by atoms with E-state index in [-0.39, 0.29) is 18.2 Å². The Bertz CT molecular complexity index is 829. The largest absolute Gasteiger partial charge is 0.496 e. The Labute approximate surface area is 166 Å². The second-order valence-corrected chi connectivity index (χ2v) is 6.97. The van der Waals surface area contributed by atoms with E-state index < -0.39 is 0 Å². The first kappa shape index (κ1) is 19.7. The van der Waals surface area contributed by atoms with Gasteiger partial charge in [-0.3, -0.25) is 9.59 Å². The molecule has 0 atom stereocenters. The molecule has 6 heteroatoms. The molecule has 6 nitrogen and oxygen atoms in total. The van der Waals surface area contributed by atoms with Gasteiger partial charge in [-0.2, -0.15) is 0 Å². The van der Waals surface area contributed by atoms with Crippen molar-refractivity contribution in [1.29, 1.82) is 0 Å². The van der Waals surface area contributed by atoms with Crippen LogP contribution in [0.4, 0.5) is 5.69 Å². The summed E-state index contributed by atoms with van der Waals surface area (Å²) < 4.78 is 5.28. The Hall–Kier alpha value is -3.02. The third kappa shape index (κ3) is 5.03. The number of hydrogen-bond acceptors (Lipinski definition) is 4.